The van der Waals surface area contributed by atoms with Crippen molar-refractivity contribution >= 4 is 34.2 Å². The van der Waals surface area contributed by atoms with Crippen molar-refractivity contribution in [3.05, 3.63) is 50.6 Å². The zero-order valence-corrected chi connectivity index (χ0v) is 12.0. The van der Waals surface area contributed by atoms with Gasteiger partial charge in [-0.2, -0.15) is 5.26 Å². The minimum absolute atomic E-state index is 0.358. The summed E-state index contributed by atoms with van der Waals surface area (Å²) in [5.74, 6) is 0.632. The van der Waals surface area contributed by atoms with E-state index in [4.69, 9.17) is 21.6 Å². The van der Waals surface area contributed by atoms with Crippen LogP contribution in [-0.2, 0) is 6.61 Å². The summed E-state index contributed by atoms with van der Waals surface area (Å²) in [6, 6.07) is 5.42. The normalized spacial score (nSPS) is 9.83. The predicted octanol–water partition coefficient (Wildman–Crippen LogP) is 3.19. The first kappa shape index (κ1) is 13.1. The molecule has 18 heavy (non-hydrogen) atoms. The molecular weight excluding hydrogens is 365 g/mol. The van der Waals surface area contributed by atoms with Crippen LogP contribution in [0.3, 0.4) is 0 Å². The first-order valence-corrected chi connectivity index (χ1v) is 6.43. The summed E-state index contributed by atoms with van der Waals surface area (Å²) in [7, 11) is 0. The van der Waals surface area contributed by atoms with Gasteiger partial charge in [-0.05, 0) is 28.7 Å². The number of rotatable bonds is 3. The Labute approximate surface area is 123 Å². The molecule has 90 valence electrons. The molecule has 0 aliphatic rings. The highest BCUT2D eigenvalue weighted by atomic mass is 127. The molecule has 0 saturated heterocycles. The fourth-order valence-corrected chi connectivity index (χ4v) is 1.82. The molecule has 2 rings (SSSR count). The molecule has 0 N–H and O–H groups in total. The van der Waals surface area contributed by atoms with Gasteiger partial charge in [0, 0.05) is 18.0 Å². The van der Waals surface area contributed by atoms with Crippen LogP contribution in [0.15, 0.2) is 30.7 Å². The number of aromatic nitrogens is 2. The third kappa shape index (κ3) is 3.09. The Morgan fingerprint density at radius 3 is 2.83 bits per heavy atom. The highest BCUT2D eigenvalue weighted by Crippen LogP contribution is 2.27. The minimum atomic E-state index is 0.358. The van der Waals surface area contributed by atoms with Crippen LogP contribution in [0, 0.1) is 14.9 Å². The maximum atomic E-state index is 8.64. The molecule has 0 radical (unpaired) electrons. The van der Waals surface area contributed by atoms with E-state index in [1.807, 2.05) is 6.07 Å². The van der Waals surface area contributed by atoms with Crippen molar-refractivity contribution in [1.29, 1.82) is 5.26 Å². The van der Waals surface area contributed by atoms with Gasteiger partial charge < -0.3 is 4.74 Å². The Morgan fingerprint density at radius 2 is 2.17 bits per heavy atom. The summed E-state index contributed by atoms with van der Waals surface area (Å²) in [6.07, 6.45) is 4.80. The number of nitriles is 1. The number of hydrogen-bond acceptors (Lipinski definition) is 4. The second-order valence-electron chi connectivity index (χ2n) is 3.39. The fraction of sp³-hybridized carbons (Fsp3) is 0.0833. The van der Waals surface area contributed by atoms with Gasteiger partial charge in [-0.1, -0.05) is 17.7 Å². The van der Waals surface area contributed by atoms with E-state index < -0.39 is 0 Å². The Morgan fingerprint density at radius 1 is 1.33 bits per heavy atom. The highest BCUT2D eigenvalue weighted by molar-refractivity contribution is 14.1. The summed E-state index contributed by atoms with van der Waals surface area (Å²) in [5.41, 5.74) is 1.27. The molecule has 0 saturated carbocycles. The minimum Gasteiger partial charge on any atom is -0.486 e. The van der Waals surface area contributed by atoms with E-state index in [0.29, 0.717) is 23.1 Å². The number of hydrogen-bond donors (Lipinski definition) is 0. The van der Waals surface area contributed by atoms with Crippen molar-refractivity contribution in [3.8, 4) is 11.8 Å². The van der Waals surface area contributed by atoms with Gasteiger partial charge in [-0.25, -0.2) is 4.98 Å². The number of ether oxygens (including phenoxy) is 1. The van der Waals surface area contributed by atoms with E-state index in [9.17, 15) is 0 Å². The van der Waals surface area contributed by atoms with Crippen LogP contribution in [-0.4, -0.2) is 9.97 Å². The molecule has 2 aromatic heterocycles. The Kier molecular flexibility index (Phi) is 4.33. The SMILES string of the molecule is N#Cc1ccc(COc2cncc(Cl)c2I)cn1. The van der Waals surface area contributed by atoms with Crippen LogP contribution < -0.4 is 4.74 Å². The van der Waals surface area contributed by atoms with Crippen molar-refractivity contribution in [2.75, 3.05) is 0 Å². The van der Waals surface area contributed by atoms with Crippen LogP contribution in [0.5, 0.6) is 5.75 Å². The number of pyridine rings is 2. The van der Waals surface area contributed by atoms with Crippen molar-refractivity contribution < 1.29 is 4.74 Å². The molecule has 0 aliphatic carbocycles. The Balaban J connectivity index is 2.07. The van der Waals surface area contributed by atoms with Crippen LogP contribution in [0.4, 0.5) is 0 Å². The van der Waals surface area contributed by atoms with E-state index in [-0.39, 0.29) is 0 Å². The quantitative estimate of drug-likeness (QED) is 0.778. The standard InChI is InChI=1S/C12H7ClIN3O/c13-10-5-16-6-11(12(10)14)18-7-8-1-2-9(3-15)17-4-8/h1-2,4-6H,7H2. The molecule has 0 unspecified atom stereocenters. The lowest BCUT2D eigenvalue weighted by atomic mass is 10.3. The second kappa shape index (κ2) is 5.98. The first-order chi connectivity index (χ1) is 8.70. The largest absolute Gasteiger partial charge is 0.486 e. The number of halogens is 2. The predicted molar refractivity (Wildman–Crippen MR) is 75.2 cm³/mol. The van der Waals surface area contributed by atoms with Crippen molar-refractivity contribution in [2.24, 2.45) is 0 Å². The van der Waals surface area contributed by atoms with E-state index in [2.05, 4.69) is 32.6 Å². The molecule has 2 heterocycles. The molecule has 0 bridgehead atoms. The lowest BCUT2D eigenvalue weighted by molar-refractivity contribution is 0.302. The molecule has 0 aromatic carbocycles. The van der Waals surface area contributed by atoms with Gasteiger partial charge in [0.15, 0.2) is 5.75 Å². The maximum Gasteiger partial charge on any atom is 0.152 e. The van der Waals surface area contributed by atoms with E-state index in [1.54, 1.807) is 30.7 Å². The number of nitrogens with zero attached hydrogens (tertiary/aromatic N) is 3. The van der Waals surface area contributed by atoms with Crippen molar-refractivity contribution in [3.63, 3.8) is 0 Å². The van der Waals surface area contributed by atoms with Crippen LogP contribution in [0.2, 0.25) is 5.02 Å². The summed E-state index contributed by atoms with van der Waals surface area (Å²) >= 11 is 8.04. The van der Waals surface area contributed by atoms with Gasteiger partial charge in [0.2, 0.25) is 0 Å². The summed E-state index contributed by atoms with van der Waals surface area (Å²) in [5, 5.41) is 9.20. The fourth-order valence-electron chi connectivity index (χ4n) is 1.24. The summed E-state index contributed by atoms with van der Waals surface area (Å²) in [6.45, 7) is 0.358. The Bertz CT molecular complexity index is 595. The molecular formula is C12H7ClIN3O. The highest BCUT2D eigenvalue weighted by Gasteiger charge is 2.06. The molecule has 0 fully saturated rings. The van der Waals surface area contributed by atoms with Gasteiger partial charge in [0.25, 0.3) is 0 Å². The lowest BCUT2D eigenvalue weighted by Crippen LogP contribution is -1.99. The van der Waals surface area contributed by atoms with Gasteiger partial charge in [-0.15, -0.1) is 0 Å². The molecule has 0 spiro atoms. The molecule has 0 aliphatic heterocycles. The summed E-state index contributed by atoms with van der Waals surface area (Å²) < 4.78 is 6.42. The summed E-state index contributed by atoms with van der Waals surface area (Å²) in [4.78, 5) is 7.93. The van der Waals surface area contributed by atoms with Gasteiger partial charge in [0.1, 0.15) is 18.4 Å². The van der Waals surface area contributed by atoms with Crippen molar-refractivity contribution in [2.45, 2.75) is 6.61 Å². The van der Waals surface area contributed by atoms with E-state index in [1.165, 1.54) is 0 Å². The van der Waals surface area contributed by atoms with Gasteiger partial charge >= 0.3 is 0 Å². The lowest BCUT2D eigenvalue weighted by Gasteiger charge is -2.08. The van der Waals surface area contributed by atoms with Crippen LogP contribution in [0.1, 0.15) is 11.3 Å². The van der Waals surface area contributed by atoms with Crippen molar-refractivity contribution in [1.82, 2.24) is 9.97 Å². The molecule has 0 amide bonds. The van der Waals surface area contributed by atoms with Gasteiger partial charge in [0.05, 0.1) is 14.8 Å². The van der Waals surface area contributed by atoms with E-state index in [0.717, 1.165) is 9.13 Å². The first-order valence-electron chi connectivity index (χ1n) is 4.97. The van der Waals surface area contributed by atoms with E-state index >= 15 is 0 Å². The third-order valence-electron chi connectivity index (χ3n) is 2.14. The van der Waals surface area contributed by atoms with Gasteiger partial charge in [-0.3, -0.25) is 4.98 Å². The van der Waals surface area contributed by atoms with Crippen LogP contribution >= 0.6 is 34.2 Å². The molecule has 2 aromatic rings. The second-order valence-corrected chi connectivity index (χ2v) is 4.87. The third-order valence-corrected chi connectivity index (χ3v) is 3.86. The topological polar surface area (TPSA) is 58.8 Å². The average Bonchev–Trinajstić information content (AvgIpc) is 2.41. The smallest absolute Gasteiger partial charge is 0.152 e. The molecule has 0 atom stereocenters. The maximum absolute atomic E-state index is 8.64. The molecule has 4 nitrogen and oxygen atoms in total. The Hall–Kier alpha value is -1.39. The molecule has 6 heteroatoms. The monoisotopic (exact) mass is 371 g/mol. The van der Waals surface area contributed by atoms with Crippen LogP contribution in [0.25, 0.3) is 0 Å². The average molecular weight is 372 g/mol. The zero-order valence-electron chi connectivity index (χ0n) is 9.10. The zero-order chi connectivity index (χ0) is 13.0.